The zero-order chi connectivity index (χ0) is 15.0. The van der Waals surface area contributed by atoms with Gasteiger partial charge in [-0.2, -0.15) is 0 Å². The van der Waals surface area contributed by atoms with Crippen LogP contribution in [0.25, 0.3) is 0 Å². The number of rotatable bonds is 2. The van der Waals surface area contributed by atoms with Crippen LogP contribution in [0.3, 0.4) is 0 Å². The Kier molecular flexibility index (Phi) is 3.51. The highest BCUT2D eigenvalue weighted by atomic mass is 19.3. The monoisotopic (exact) mass is 293 g/mol. The van der Waals surface area contributed by atoms with Crippen molar-refractivity contribution < 1.29 is 18.4 Å². The zero-order valence-corrected chi connectivity index (χ0v) is 11.6. The number of nitrogens with zero attached hydrogens (tertiary/aromatic N) is 1. The molecule has 1 aliphatic carbocycles. The highest BCUT2D eigenvalue weighted by Gasteiger charge is 2.59. The SMILES string of the molecule is O=C1c2ccccc2CC1(C(=O)N1CCCCC1)C(F)F. The van der Waals surface area contributed by atoms with E-state index in [1.807, 2.05) is 0 Å². The van der Waals surface area contributed by atoms with Crippen LogP contribution in [-0.4, -0.2) is 36.1 Å². The molecule has 1 amide bonds. The van der Waals surface area contributed by atoms with Gasteiger partial charge < -0.3 is 4.90 Å². The van der Waals surface area contributed by atoms with Gasteiger partial charge >= 0.3 is 0 Å². The summed E-state index contributed by atoms with van der Waals surface area (Å²) in [5, 5.41) is 0. The lowest BCUT2D eigenvalue weighted by atomic mass is 9.82. The molecule has 0 spiro atoms. The average molecular weight is 293 g/mol. The smallest absolute Gasteiger partial charge is 0.260 e. The molecular weight excluding hydrogens is 276 g/mol. The van der Waals surface area contributed by atoms with Crippen molar-refractivity contribution in [3.05, 3.63) is 35.4 Å². The van der Waals surface area contributed by atoms with Crippen LogP contribution >= 0.6 is 0 Å². The number of fused-ring (bicyclic) bond motifs is 1. The second kappa shape index (κ2) is 5.20. The predicted molar refractivity (Wildman–Crippen MR) is 73.3 cm³/mol. The molecule has 2 aliphatic rings. The Labute approximate surface area is 121 Å². The van der Waals surface area contributed by atoms with Crippen molar-refractivity contribution >= 4 is 11.7 Å². The van der Waals surface area contributed by atoms with Gasteiger partial charge in [0.25, 0.3) is 6.43 Å². The van der Waals surface area contributed by atoms with Crippen LogP contribution in [0.4, 0.5) is 8.78 Å². The molecule has 0 bridgehead atoms. The molecule has 1 atom stereocenters. The highest BCUT2D eigenvalue weighted by Crippen LogP contribution is 2.43. The van der Waals surface area contributed by atoms with Crippen LogP contribution in [0.1, 0.15) is 35.2 Å². The maximum absolute atomic E-state index is 13.7. The topological polar surface area (TPSA) is 37.4 Å². The number of piperidine rings is 1. The summed E-state index contributed by atoms with van der Waals surface area (Å²) < 4.78 is 27.5. The van der Waals surface area contributed by atoms with Gasteiger partial charge in [0.15, 0.2) is 11.2 Å². The molecule has 1 aromatic carbocycles. The number of carbonyl (C=O) groups excluding carboxylic acids is 2. The molecular formula is C16H17F2NO2. The minimum absolute atomic E-state index is 0.186. The van der Waals surface area contributed by atoms with Crippen molar-refractivity contribution in [1.82, 2.24) is 4.90 Å². The number of halogens is 2. The number of carbonyl (C=O) groups is 2. The number of ketones is 1. The van der Waals surface area contributed by atoms with E-state index in [4.69, 9.17) is 0 Å². The number of amides is 1. The standard InChI is InChI=1S/C16H17F2NO2/c17-14(18)16(15(21)19-8-4-1-5-9-19)10-11-6-2-3-7-12(11)13(16)20/h2-3,6-7,14H,1,4-5,8-10H2. The van der Waals surface area contributed by atoms with E-state index < -0.39 is 23.5 Å². The molecule has 1 fully saturated rings. The third-order valence-corrected chi connectivity index (χ3v) is 4.53. The summed E-state index contributed by atoms with van der Waals surface area (Å²) in [6, 6.07) is 6.54. The predicted octanol–water partition coefficient (Wildman–Crippen LogP) is 2.69. The third kappa shape index (κ3) is 2.06. The van der Waals surface area contributed by atoms with E-state index in [2.05, 4.69) is 0 Å². The van der Waals surface area contributed by atoms with Crippen LogP contribution in [0, 0.1) is 5.41 Å². The largest absolute Gasteiger partial charge is 0.342 e. The van der Waals surface area contributed by atoms with Crippen molar-refractivity contribution in [2.75, 3.05) is 13.1 Å². The van der Waals surface area contributed by atoms with Gasteiger partial charge in [0.05, 0.1) is 0 Å². The number of alkyl halides is 2. The Bertz CT molecular complexity index is 581. The maximum atomic E-state index is 13.7. The summed E-state index contributed by atoms with van der Waals surface area (Å²) in [6.45, 7) is 0.938. The molecule has 21 heavy (non-hydrogen) atoms. The first-order valence-corrected chi connectivity index (χ1v) is 7.27. The second-order valence-corrected chi connectivity index (χ2v) is 5.79. The van der Waals surface area contributed by atoms with Gasteiger partial charge in [-0.25, -0.2) is 8.78 Å². The number of likely N-dealkylation sites (tertiary alicyclic amines) is 1. The fourth-order valence-corrected chi connectivity index (χ4v) is 3.34. The zero-order valence-electron chi connectivity index (χ0n) is 11.6. The molecule has 1 saturated heterocycles. The first-order valence-electron chi connectivity index (χ1n) is 7.27. The van der Waals surface area contributed by atoms with Crippen molar-refractivity contribution in [2.24, 2.45) is 5.41 Å². The van der Waals surface area contributed by atoms with Gasteiger partial charge in [-0.3, -0.25) is 9.59 Å². The average Bonchev–Trinajstić information content (AvgIpc) is 2.82. The molecule has 5 heteroatoms. The highest BCUT2D eigenvalue weighted by molar-refractivity contribution is 6.17. The van der Waals surface area contributed by atoms with Gasteiger partial charge in [0.1, 0.15) is 0 Å². The van der Waals surface area contributed by atoms with E-state index in [1.165, 1.54) is 11.0 Å². The van der Waals surface area contributed by atoms with E-state index in [0.717, 1.165) is 19.3 Å². The number of benzene rings is 1. The normalized spacial score (nSPS) is 25.3. The van der Waals surface area contributed by atoms with Crippen LogP contribution in [0.5, 0.6) is 0 Å². The summed E-state index contributed by atoms with van der Waals surface area (Å²) in [5.41, 5.74) is -1.39. The van der Waals surface area contributed by atoms with Crippen LogP contribution in [0.15, 0.2) is 24.3 Å². The van der Waals surface area contributed by atoms with Gasteiger partial charge in [0.2, 0.25) is 5.91 Å². The molecule has 1 heterocycles. The fourth-order valence-electron chi connectivity index (χ4n) is 3.34. The lowest BCUT2D eigenvalue weighted by molar-refractivity contribution is -0.147. The van der Waals surface area contributed by atoms with E-state index >= 15 is 0 Å². The molecule has 3 rings (SSSR count). The molecule has 0 radical (unpaired) electrons. The molecule has 0 N–H and O–H groups in total. The molecule has 0 aromatic heterocycles. The molecule has 3 nitrogen and oxygen atoms in total. The first kappa shape index (κ1) is 14.2. The summed E-state index contributed by atoms with van der Waals surface area (Å²) in [6.07, 6.45) is -0.542. The minimum Gasteiger partial charge on any atom is -0.342 e. The quantitative estimate of drug-likeness (QED) is 0.786. The Balaban J connectivity index is 1.99. The van der Waals surface area contributed by atoms with E-state index in [-0.39, 0.29) is 12.0 Å². The lowest BCUT2D eigenvalue weighted by Crippen LogP contribution is -2.53. The summed E-state index contributed by atoms with van der Waals surface area (Å²) in [7, 11) is 0. The van der Waals surface area contributed by atoms with E-state index in [9.17, 15) is 18.4 Å². The van der Waals surface area contributed by atoms with Crippen molar-refractivity contribution in [2.45, 2.75) is 32.1 Å². The van der Waals surface area contributed by atoms with Crippen LogP contribution < -0.4 is 0 Å². The molecule has 1 aromatic rings. The maximum Gasteiger partial charge on any atom is 0.260 e. The second-order valence-electron chi connectivity index (χ2n) is 5.79. The van der Waals surface area contributed by atoms with Crippen molar-refractivity contribution in [1.29, 1.82) is 0 Å². The number of hydrogen-bond acceptors (Lipinski definition) is 2. The van der Waals surface area contributed by atoms with Crippen LogP contribution in [0.2, 0.25) is 0 Å². The van der Waals surface area contributed by atoms with Gasteiger partial charge in [-0.15, -0.1) is 0 Å². The number of hydrogen-bond donors (Lipinski definition) is 0. The van der Waals surface area contributed by atoms with Gasteiger partial charge in [-0.1, -0.05) is 24.3 Å². The Morgan fingerprint density at radius 1 is 1.14 bits per heavy atom. The fraction of sp³-hybridized carbons (Fsp3) is 0.500. The van der Waals surface area contributed by atoms with Crippen molar-refractivity contribution in [3.63, 3.8) is 0 Å². The first-order chi connectivity index (χ1) is 10.1. The Morgan fingerprint density at radius 2 is 1.81 bits per heavy atom. The molecule has 1 aliphatic heterocycles. The van der Waals surface area contributed by atoms with Gasteiger partial charge in [0, 0.05) is 25.1 Å². The minimum atomic E-state index is -2.98. The summed E-state index contributed by atoms with van der Waals surface area (Å²) in [4.78, 5) is 26.6. The summed E-state index contributed by atoms with van der Waals surface area (Å²) in [5.74, 6) is -1.41. The van der Waals surface area contributed by atoms with Crippen LogP contribution in [-0.2, 0) is 11.2 Å². The Hall–Kier alpha value is -1.78. The van der Waals surface area contributed by atoms with Crippen molar-refractivity contribution in [3.8, 4) is 0 Å². The summed E-state index contributed by atoms with van der Waals surface area (Å²) >= 11 is 0. The Morgan fingerprint density at radius 3 is 2.43 bits per heavy atom. The van der Waals surface area contributed by atoms with E-state index in [0.29, 0.717) is 18.7 Å². The van der Waals surface area contributed by atoms with E-state index in [1.54, 1.807) is 18.2 Å². The van der Waals surface area contributed by atoms with Gasteiger partial charge in [-0.05, 0) is 24.8 Å². The lowest BCUT2D eigenvalue weighted by Gasteiger charge is -2.34. The number of Topliss-reactive ketones (excluding diaryl/α,β-unsaturated/α-hetero) is 1. The third-order valence-electron chi connectivity index (χ3n) is 4.53. The molecule has 1 unspecified atom stereocenters. The molecule has 112 valence electrons. The molecule has 0 saturated carbocycles.